The van der Waals surface area contributed by atoms with E-state index in [-0.39, 0.29) is 5.91 Å². The number of carbonyl (C=O) groups is 1. The first-order valence-electron chi connectivity index (χ1n) is 10.5. The predicted molar refractivity (Wildman–Crippen MR) is 129 cm³/mol. The molecule has 0 radical (unpaired) electrons. The summed E-state index contributed by atoms with van der Waals surface area (Å²) in [5, 5.41) is 6.18. The third kappa shape index (κ3) is 5.72. The number of aryl methyl sites for hydroxylation is 1. The van der Waals surface area contributed by atoms with Gasteiger partial charge < -0.3 is 20.4 Å². The van der Waals surface area contributed by atoms with E-state index in [0.717, 1.165) is 41.7 Å². The Kier molecular flexibility index (Phi) is 7.07. The molecule has 0 saturated heterocycles. The van der Waals surface area contributed by atoms with Crippen LogP contribution in [0.25, 0.3) is 0 Å². The molecule has 7 nitrogen and oxygen atoms in total. The van der Waals surface area contributed by atoms with Crippen LogP contribution in [0.4, 0.5) is 28.8 Å². The van der Waals surface area contributed by atoms with Gasteiger partial charge in [-0.25, -0.2) is 4.98 Å². The molecule has 7 heteroatoms. The first-order valence-corrected chi connectivity index (χ1v) is 10.5. The van der Waals surface area contributed by atoms with Crippen LogP contribution in [0.3, 0.4) is 0 Å². The number of benzene rings is 2. The molecule has 0 fully saturated rings. The summed E-state index contributed by atoms with van der Waals surface area (Å²) in [6, 6.07) is 17.0. The van der Waals surface area contributed by atoms with Gasteiger partial charge in [0.2, 0.25) is 5.95 Å². The van der Waals surface area contributed by atoms with Crippen molar-refractivity contribution in [3.63, 3.8) is 0 Å². The second-order valence-electron chi connectivity index (χ2n) is 7.46. The summed E-state index contributed by atoms with van der Waals surface area (Å²) < 4.78 is 0. The molecule has 0 unspecified atom stereocenters. The normalized spacial score (nSPS) is 10.5. The zero-order valence-corrected chi connectivity index (χ0v) is 18.8. The fourth-order valence-corrected chi connectivity index (χ4v) is 3.20. The maximum Gasteiger partial charge on any atom is 0.255 e. The Balaban J connectivity index is 1.67. The zero-order valence-electron chi connectivity index (χ0n) is 18.8. The standard InChI is InChI=1S/C24H30N6O/c1-6-30(7-2)22-16-17(3)25-24(28-22)27-20-12-10-19(11-13-20)26-23(31)18-8-14-21(15-9-18)29(4)5/h8-16H,6-7H2,1-5H3,(H,26,31)(H,25,27,28). The van der Waals surface area contributed by atoms with Crippen molar-refractivity contribution in [1.29, 1.82) is 0 Å². The van der Waals surface area contributed by atoms with Crippen molar-refractivity contribution in [3.05, 3.63) is 65.9 Å². The molecule has 2 aromatic carbocycles. The minimum Gasteiger partial charge on any atom is -0.378 e. The van der Waals surface area contributed by atoms with Gasteiger partial charge in [0.25, 0.3) is 5.91 Å². The number of anilines is 5. The fourth-order valence-electron chi connectivity index (χ4n) is 3.20. The van der Waals surface area contributed by atoms with E-state index in [9.17, 15) is 4.79 Å². The first kappa shape index (κ1) is 22.1. The van der Waals surface area contributed by atoms with Crippen LogP contribution in [0.1, 0.15) is 29.9 Å². The Bertz CT molecular complexity index is 1010. The fraction of sp³-hybridized carbons (Fsp3) is 0.292. The Morgan fingerprint density at radius 1 is 0.903 bits per heavy atom. The van der Waals surface area contributed by atoms with Crippen LogP contribution in [0.2, 0.25) is 0 Å². The number of carbonyl (C=O) groups excluding carboxylic acids is 1. The van der Waals surface area contributed by atoms with E-state index < -0.39 is 0 Å². The molecule has 0 atom stereocenters. The van der Waals surface area contributed by atoms with Crippen LogP contribution in [-0.4, -0.2) is 43.1 Å². The molecular weight excluding hydrogens is 388 g/mol. The summed E-state index contributed by atoms with van der Waals surface area (Å²) in [6.07, 6.45) is 0. The van der Waals surface area contributed by atoms with Crippen molar-refractivity contribution in [1.82, 2.24) is 9.97 Å². The summed E-state index contributed by atoms with van der Waals surface area (Å²) in [4.78, 5) is 25.8. The largest absolute Gasteiger partial charge is 0.378 e. The van der Waals surface area contributed by atoms with Gasteiger partial charge in [0.15, 0.2) is 0 Å². The van der Waals surface area contributed by atoms with E-state index in [1.54, 1.807) is 0 Å². The van der Waals surface area contributed by atoms with Gasteiger partial charge in [-0.1, -0.05) is 0 Å². The Labute approximate surface area is 184 Å². The molecule has 1 aromatic heterocycles. The highest BCUT2D eigenvalue weighted by Crippen LogP contribution is 2.21. The molecule has 3 aromatic rings. The average Bonchev–Trinajstić information content (AvgIpc) is 2.75. The van der Waals surface area contributed by atoms with Gasteiger partial charge in [0.05, 0.1) is 0 Å². The zero-order chi connectivity index (χ0) is 22.4. The van der Waals surface area contributed by atoms with E-state index in [2.05, 4.69) is 39.3 Å². The molecule has 1 heterocycles. The van der Waals surface area contributed by atoms with Crippen molar-refractivity contribution in [2.24, 2.45) is 0 Å². The molecule has 0 aliphatic carbocycles. The number of nitrogens with one attached hydrogen (secondary N) is 2. The van der Waals surface area contributed by atoms with Crippen LogP contribution in [-0.2, 0) is 0 Å². The minimum absolute atomic E-state index is 0.142. The number of aromatic nitrogens is 2. The van der Waals surface area contributed by atoms with Crippen molar-refractivity contribution < 1.29 is 4.79 Å². The lowest BCUT2D eigenvalue weighted by Gasteiger charge is -2.20. The Morgan fingerprint density at radius 2 is 1.52 bits per heavy atom. The summed E-state index contributed by atoms with van der Waals surface area (Å²) in [7, 11) is 3.94. The van der Waals surface area contributed by atoms with Gasteiger partial charge in [-0.05, 0) is 69.3 Å². The third-order valence-electron chi connectivity index (χ3n) is 4.97. The predicted octanol–water partition coefficient (Wildman–Crippen LogP) is 4.69. The van der Waals surface area contributed by atoms with Gasteiger partial charge in [0.1, 0.15) is 5.82 Å². The molecular formula is C24H30N6O. The SMILES string of the molecule is CCN(CC)c1cc(C)nc(Nc2ccc(NC(=O)c3ccc(N(C)C)cc3)cc2)n1. The van der Waals surface area contributed by atoms with Crippen molar-refractivity contribution in [3.8, 4) is 0 Å². The number of hydrogen-bond acceptors (Lipinski definition) is 6. The molecule has 3 rings (SSSR count). The molecule has 162 valence electrons. The second-order valence-corrected chi connectivity index (χ2v) is 7.46. The van der Waals surface area contributed by atoms with Crippen molar-refractivity contribution in [2.45, 2.75) is 20.8 Å². The lowest BCUT2D eigenvalue weighted by atomic mass is 10.2. The molecule has 31 heavy (non-hydrogen) atoms. The van der Waals surface area contributed by atoms with Gasteiger partial charge in [-0.2, -0.15) is 4.98 Å². The van der Waals surface area contributed by atoms with E-state index in [1.807, 2.05) is 80.5 Å². The number of nitrogens with zero attached hydrogens (tertiary/aromatic N) is 4. The summed E-state index contributed by atoms with van der Waals surface area (Å²) in [6.45, 7) is 7.95. The van der Waals surface area contributed by atoms with Crippen LogP contribution in [0.5, 0.6) is 0 Å². The lowest BCUT2D eigenvalue weighted by molar-refractivity contribution is 0.102. The summed E-state index contributed by atoms with van der Waals surface area (Å²) in [5.74, 6) is 1.32. The molecule has 0 saturated carbocycles. The highest BCUT2D eigenvalue weighted by molar-refractivity contribution is 6.04. The van der Waals surface area contributed by atoms with Crippen molar-refractivity contribution in [2.75, 3.05) is 47.6 Å². The van der Waals surface area contributed by atoms with E-state index in [0.29, 0.717) is 11.5 Å². The maximum atomic E-state index is 12.5. The molecule has 0 aliphatic rings. The van der Waals surface area contributed by atoms with Crippen LogP contribution in [0.15, 0.2) is 54.6 Å². The van der Waals surface area contributed by atoms with Gasteiger partial charge >= 0.3 is 0 Å². The second kappa shape index (κ2) is 9.93. The molecule has 0 aliphatic heterocycles. The summed E-state index contributed by atoms with van der Waals surface area (Å²) in [5.41, 5.74) is 4.15. The molecule has 1 amide bonds. The highest BCUT2D eigenvalue weighted by atomic mass is 16.1. The van der Waals surface area contributed by atoms with Crippen molar-refractivity contribution >= 4 is 34.7 Å². The van der Waals surface area contributed by atoms with E-state index >= 15 is 0 Å². The van der Waals surface area contributed by atoms with E-state index in [1.165, 1.54) is 0 Å². The third-order valence-corrected chi connectivity index (χ3v) is 4.97. The summed E-state index contributed by atoms with van der Waals surface area (Å²) >= 11 is 0. The minimum atomic E-state index is -0.142. The smallest absolute Gasteiger partial charge is 0.255 e. The van der Waals surface area contributed by atoms with Crippen LogP contribution >= 0.6 is 0 Å². The quantitative estimate of drug-likeness (QED) is 0.553. The maximum absolute atomic E-state index is 12.5. The topological polar surface area (TPSA) is 73.4 Å². The first-order chi connectivity index (χ1) is 14.9. The number of rotatable bonds is 8. The molecule has 2 N–H and O–H groups in total. The van der Waals surface area contributed by atoms with Gasteiger partial charge in [0, 0.05) is 61.6 Å². The van der Waals surface area contributed by atoms with E-state index in [4.69, 9.17) is 0 Å². The monoisotopic (exact) mass is 418 g/mol. The molecule has 0 bridgehead atoms. The number of amides is 1. The number of hydrogen-bond donors (Lipinski definition) is 2. The Morgan fingerprint density at radius 3 is 2.10 bits per heavy atom. The van der Waals surface area contributed by atoms with Crippen LogP contribution < -0.4 is 20.4 Å². The Hall–Kier alpha value is -3.61. The van der Waals surface area contributed by atoms with Crippen LogP contribution in [0, 0.1) is 6.92 Å². The van der Waals surface area contributed by atoms with Gasteiger partial charge in [-0.15, -0.1) is 0 Å². The molecule has 0 spiro atoms. The average molecular weight is 419 g/mol. The van der Waals surface area contributed by atoms with Gasteiger partial charge in [-0.3, -0.25) is 4.79 Å². The highest BCUT2D eigenvalue weighted by Gasteiger charge is 2.09. The lowest BCUT2D eigenvalue weighted by Crippen LogP contribution is -2.23.